The number of primary amides is 1. The molecule has 122 valence electrons. The normalized spacial score (nSPS) is 14.1. The third-order valence-corrected chi connectivity index (χ3v) is 6.32. The van der Waals surface area contributed by atoms with E-state index in [-0.39, 0.29) is 12.3 Å². The summed E-state index contributed by atoms with van der Waals surface area (Å²) in [6, 6.07) is 3.61. The first kappa shape index (κ1) is 16.5. The average molecular weight is 369 g/mol. The minimum atomic E-state index is -0.459. The van der Waals surface area contributed by atoms with Gasteiger partial charge >= 0.3 is 0 Å². The van der Waals surface area contributed by atoms with Crippen LogP contribution in [0.5, 0.6) is 0 Å². The van der Waals surface area contributed by atoms with Crippen LogP contribution < -0.4 is 11.1 Å². The molecule has 0 fully saturated rings. The number of thiophene rings is 2. The summed E-state index contributed by atoms with van der Waals surface area (Å²) in [7, 11) is 0. The lowest BCUT2D eigenvalue weighted by molar-refractivity contribution is -0.115. The number of nitrogens with one attached hydrogen (secondary N) is 1. The number of hydrogen-bond acceptors (Lipinski definition) is 4. The second kappa shape index (κ2) is 7.03. The summed E-state index contributed by atoms with van der Waals surface area (Å²) in [5.74, 6) is -0.610. The lowest BCUT2D eigenvalue weighted by Gasteiger charge is -2.05. The van der Waals surface area contributed by atoms with Crippen molar-refractivity contribution in [1.82, 2.24) is 0 Å². The van der Waals surface area contributed by atoms with E-state index in [1.807, 2.05) is 6.07 Å². The van der Waals surface area contributed by atoms with Crippen molar-refractivity contribution in [3.05, 3.63) is 37.4 Å². The minimum absolute atomic E-state index is 0.151. The molecule has 0 aromatic carbocycles. The Morgan fingerprint density at radius 3 is 2.65 bits per heavy atom. The molecule has 2 heterocycles. The van der Waals surface area contributed by atoms with Gasteiger partial charge in [-0.1, -0.05) is 18.0 Å². The molecule has 4 nitrogen and oxygen atoms in total. The van der Waals surface area contributed by atoms with E-state index in [4.69, 9.17) is 17.3 Å². The van der Waals surface area contributed by atoms with Crippen molar-refractivity contribution in [3.8, 4) is 0 Å². The Morgan fingerprint density at radius 2 is 1.96 bits per heavy atom. The first-order chi connectivity index (χ1) is 11.0. The van der Waals surface area contributed by atoms with E-state index in [1.165, 1.54) is 34.0 Å². The SMILES string of the molecule is NC(=O)c1c(NC(=O)Cc2ccc(Cl)s2)sc2c1CCCCC2. The number of aryl methyl sites for hydroxylation is 1. The number of carbonyl (C=O) groups excluding carboxylic acids is 2. The molecule has 0 aliphatic heterocycles. The van der Waals surface area contributed by atoms with Crippen LogP contribution in [0.25, 0.3) is 0 Å². The molecule has 2 aromatic heterocycles. The Balaban J connectivity index is 1.81. The number of nitrogens with two attached hydrogens (primary N) is 1. The van der Waals surface area contributed by atoms with Crippen molar-refractivity contribution in [1.29, 1.82) is 0 Å². The molecule has 3 rings (SSSR count). The van der Waals surface area contributed by atoms with Crippen LogP contribution in [0.3, 0.4) is 0 Å². The molecule has 3 N–H and O–H groups in total. The van der Waals surface area contributed by atoms with Gasteiger partial charge in [0.2, 0.25) is 5.91 Å². The molecule has 0 atom stereocenters. The molecule has 1 aliphatic rings. The Morgan fingerprint density at radius 1 is 1.17 bits per heavy atom. The second-order valence-corrected chi connectivity index (χ2v) is 8.47. The van der Waals surface area contributed by atoms with Crippen LogP contribution in [0.15, 0.2) is 12.1 Å². The van der Waals surface area contributed by atoms with Crippen LogP contribution in [0, 0.1) is 0 Å². The van der Waals surface area contributed by atoms with Gasteiger partial charge in [-0.2, -0.15) is 0 Å². The van der Waals surface area contributed by atoms with Gasteiger partial charge in [0.1, 0.15) is 5.00 Å². The highest BCUT2D eigenvalue weighted by Crippen LogP contribution is 2.37. The van der Waals surface area contributed by atoms with E-state index in [0.717, 1.165) is 36.1 Å². The van der Waals surface area contributed by atoms with Gasteiger partial charge in [0.25, 0.3) is 5.91 Å². The molecular weight excluding hydrogens is 352 g/mol. The first-order valence-electron chi connectivity index (χ1n) is 7.53. The molecule has 0 spiro atoms. The largest absolute Gasteiger partial charge is 0.365 e. The van der Waals surface area contributed by atoms with Gasteiger partial charge in [-0.25, -0.2) is 0 Å². The summed E-state index contributed by atoms with van der Waals surface area (Å²) >= 11 is 8.76. The summed E-state index contributed by atoms with van der Waals surface area (Å²) in [5.41, 5.74) is 7.11. The Labute approximate surface area is 147 Å². The molecular formula is C16H17ClN2O2S2. The third kappa shape index (κ3) is 3.76. The van der Waals surface area contributed by atoms with Gasteiger partial charge in [0.05, 0.1) is 16.3 Å². The average Bonchev–Trinajstić information content (AvgIpc) is 2.95. The van der Waals surface area contributed by atoms with E-state index in [0.29, 0.717) is 14.9 Å². The zero-order valence-electron chi connectivity index (χ0n) is 12.5. The number of fused-ring (bicyclic) bond motifs is 1. The maximum absolute atomic E-state index is 12.3. The lowest BCUT2D eigenvalue weighted by atomic mass is 10.1. The molecule has 0 saturated carbocycles. The van der Waals surface area contributed by atoms with Gasteiger partial charge < -0.3 is 11.1 Å². The number of rotatable bonds is 4. The lowest BCUT2D eigenvalue weighted by Crippen LogP contribution is -2.18. The van der Waals surface area contributed by atoms with Crippen molar-refractivity contribution in [2.24, 2.45) is 5.73 Å². The van der Waals surface area contributed by atoms with E-state index < -0.39 is 5.91 Å². The van der Waals surface area contributed by atoms with Crippen LogP contribution in [0.1, 0.15) is 44.9 Å². The topological polar surface area (TPSA) is 72.2 Å². The number of anilines is 1. The van der Waals surface area contributed by atoms with Gasteiger partial charge in [-0.05, 0) is 43.4 Å². The molecule has 23 heavy (non-hydrogen) atoms. The molecule has 2 amide bonds. The highest BCUT2D eigenvalue weighted by Gasteiger charge is 2.24. The summed E-state index contributed by atoms with van der Waals surface area (Å²) < 4.78 is 0.661. The summed E-state index contributed by atoms with van der Waals surface area (Å²) in [6.07, 6.45) is 5.41. The van der Waals surface area contributed by atoms with Crippen molar-refractivity contribution in [2.75, 3.05) is 5.32 Å². The zero-order valence-corrected chi connectivity index (χ0v) is 14.9. The summed E-state index contributed by atoms with van der Waals surface area (Å²) in [4.78, 5) is 26.2. The van der Waals surface area contributed by atoms with Crippen molar-refractivity contribution in [3.63, 3.8) is 0 Å². The van der Waals surface area contributed by atoms with Gasteiger partial charge in [-0.3, -0.25) is 9.59 Å². The van der Waals surface area contributed by atoms with Crippen molar-refractivity contribution >= 4 is 51.1 Å². The molecule has 2 aromatic rings. The summed E-state index contributed by atoms with van der Waals surface area (Å²) in [5, 5.41) is 3.46. The fraction of sp³-hybridized carbons (Fsp3) is 0.375. The molecule has 0 radical (unpaired) electrons. The third-order valence-electron chi connectivity index (χ3n) is 3.88. The fourth-order valence-electron chi connectivity index (χ4n) is 2.87. The van der Waals surface area contributed by atoms with Gasteiger partial charge in [0, 0.05) is 9.75 Å². The quantitative estimate of drug-likeness (QED) is 0.800. The predicted octanol–water partition coefficient (Wildman–Crippen LogP) is 4.01. The smallest absolute Gasteiger partial charge is 0.251 e. The monoisotopic (exact) mass is 368 g/mol. The van der Waals surface area contributed by atoms with E-state index in [1.54, 1.807) is 6.07 Å². The first-order valence-corrected chi connectivity index (χ1v) is 9.54. The van der Waals surface area contributed by atoms with Gasteiger partial charge in [0.15, 0.2) is 0 Å². The summed E-state index contributed by atoms with van der Waals surface area (Å²) in [6.45, 7) is 0. The Hall–Kier alpha value is -1.37. The highest BCUT2D eigenvalue weighted by molar-refractivity contribution is 7.17. The minimum Gasteiger partial charge on any atom is -0.365 e. The van der Waals surface area contributed by atoms with Crippen LogP contribution in [0.4, 0.5) is 5.00 Å². The van der Waals surface area contributed by atoms with Crippen LogP contribution >= 0.6 is 34.3 Å². The highest BCUT2D eigenvalue weighted by atomic mass is 35.5. The van der Waals surface area contributed by atoms with Crippen molar-refractivity contribution < 1.29 is 9.59 Å². The van der Waals surface area contributed by atoms with Gasteiger partial charge in [-0.15, -0.1) is 22.7 Å². The van der Waals surface area contributed by atoms with E-state index in [2.05, 4.69) is 5.32 Å². The molecule has 0 saturated heterocycles. The van der Waals surface area contributed by atoms with Crippen LogP contribution in [-0.4, -0.2) is 11.8 Å². The molecule has 7 heteroatoms. The standard InChI is InChI=1S/C16H17ClN2O2S2/c17-12-7-6-9(22-12)8-13(20)19-16-14(15(18)21)10-4-2-1-3-5-11(10)23-16/h6-7H,1-5,8H2,(H2,18,21)(H,19,20). The second-order valence-electron chi connectivity index (χ2n) is 5.56. The fourth-order valence-corrected chi connectivity index (χ4v) is 5.26. The maximum atomic E-state index is 12.3. The van der Waals surface area contributed by atoms with E-state index >= 15 is 0 Å². The molecule has 1 aliphatic carbocycles. The Kier molecular flexibility index (Phi) is 5.04. The molecule has 0 unspecified atom stereocenters. The number of hydrogen-bond donors (Lipinski definition) is 2. The van der Waals surface area contributed by atoms with Crippen molar-refractivity contribution in [2.45, 2.75) is 38.5 Å². The number of carbonyl (C=O) groups is 2. The number of amides is 2. The number of halogens is 1. The Bertz CT molecular complexity index is 751. The zero-order chi connectivity index (χ0) is 16.4. The maximum Gasteiger partial charge on any atom is 0.251 e. The molecule has 0 bridgehead atoms. The van der Waals surface area contributed by atoms with E-state index in [9.17, 15) is 9.59 Å². The predicted molar refractivity (Wildman–Crippen MR) is 95.8 cm³/mol. The van der Waals surface area contributed by atoms with Crippen LogP contribution in [-0.2, 0) is 24.1 Å². The van der Waals surface area contributed by atoms with Crippen LogP contribution in [0.2, 0.25) is 4.34 Å².